The van der Waals surface area contributed by atoms with Crippen molar-refractivity contribution in [3.8, 4) is 5.75 Å². The molecule has 7 heteroatoms. The van der Waals surface area contributed by atoms with E-state index in [4.69, 9.17) is 27.9 Å². The SMILES string of the molecule is CCOc1ccc(CN2C(=O)[C@H](NC(C)=O)c3c(Cl)ccc(Cl)c32)cc1. The molecule has 2 aromatic carbocycles. The number of benzene rings is 2. The highest BCUT2D eigenvalue weighted by atomic mass is 35.5. The summed E-state index contributed by atoms with van der Waals surface area (Å²) in [5.74, 6) is 0.189. The van der Waals surface area contributed by atoms with E-state index in [1.165, 1.54) is 6.92 Å². The molecule has 0 aromatic heterocycles. The van der Waals surface area contributed by atoms with Gasteiger partial charge in [0.05, 0.1) is 23.9 Å². The van der Waals surface area contributed by atoms with Gasteiger partial charge in [0.1, 0.15) is 11.8 Å². The normalized spacial score (nSPS) is 15.8. The maximum atomic E-state index is 12.9. The fourth-order valence-electron chi connectivity index (χ4n) is 3.03. The van der Waals surface area contributed by atoms with E-state index in [-0.39, 0.29) is 11.8 Å². The molecule has 0 saturated heterocycles. The van der Waals surface area contributed by atoms with Gasteiger partial charge in [-0.3, -0.25) is 9.59 Å². The first-order valence-corrected chi connectivity index (χ1v) is 8.96. The third-order valence-electron chi connectivity index (χ3n) is 4.11. The fourth-order valence-corrected chi connectivity index (χ4v) is 3.56. The van der Waals surface area contributed by atoms with Gasteiger partial charge in [-0.05, 0) is 36.8 Å². The van der Waals surface area contributed by atoms with Crippen LogP contribution in [0.2, 0.25) is 10.0 Å². The zero-order chi connectivity index (χ0) is 18.8. The minimum Gasteiger partial charge on any atom is -0.494 e. The Kier molecular flexibility index (Phi) is 5.39. The first-order valence-electron chi connectivity index (χ1n) is 8.20. The number of amides is 2. The molecule has 0 spiro atoms. The van der Waals surface area contributed by atoms with Crippen molar-refractivity contribution in [3.63, 3.8) is 0 Å². The van der Waals surface area contributed by atoms with Gasteiger partial charge in [0.2, 0.25) is 5.91 Å². The second-order valence-corrected chi connectivity index (χ2v) is 6.74. The van der Waals surface area contributed by atoms with Gasteiger partial charge in [0, 0.05) is 17.5 Å². The number of anilines is 1. The summed E-state index contributed by atoms with van der Waals surface area (Å²) < 4.78 is 5.44. The highest BCUT2D eigenvalue weighted by molar-refractivity contribution is 6.38. The highest BCUT2D eigenvalue weighted by Gasteiger charge is 2.41. The quantitative estimate of drug-likeness (QED) is 0.832. The summed E-state index contributed by atoms with van der Waals surface area (Å²) >= 11 is 12.7. The van der Waals surface area contributed by atoms with Gasteiger partial charge in [-0.15, -0.1) is 0 Å². The van der Waals surface area contributed by atoms with Crippen molar-refractivity contribution in [2.45, 2.75) is 26.4 Å². The Morgan fingerprint density at radius 2 is 1.81 bits per heavy atom. The molecule has 1 aliphatic rings. The summed E-state index contributed by atoms with van der Waals surface area (Å²) in [5, 5.41) is 3.47. The van der Waals surface area contributed by atoms with Crippen LogP contribution >= 0.6 is 23.2 Å². The molecular weight excluding hydrogens is 375 g/mol. The number of halogens is 2. The lowest BCUT2D eigenvalue weighted by molar-refractivity contribution is -0.126. The number of fused-ring (bicyclic) bond motifs is 1. The summed E-state index contributed by atoms with van der Waals surface area (Å²) in [7, 11) is 0. The van der Waals surface area contributed by atoms with E-state index in [2.05, 4.69) is 5.32 Å². The standard InChI is InChI=1S/C19H18Cl2N2O3/c1-3-26-13-6-4-12(5-7-13)10-23-18-15(21)9-8-14(20)16(18)17(19(23)25)22-11(2)24/h4-9,17H,3,10H2,1-2H3,(H,22,24)/t17-/m1/s1. The molecule has 0 aliphatic carbocycles. The number of carbonyl (C=O) groups is 2. The predicted molar refractivity (Wildman–Crippen MR) is 102 cm³/mol. The van der Waals surface area contributed by atoms with Crippen LogP contribution in [0.5, 0.6) is 5.75 Å². The van der Waals surface area contributed by atoms with Gasteiger partial charge in [-0.25, -0.2) is 0 Å². The Labute approximate surface area is 161 Å². The van der Waals surface area contributed by atoms with Gasteiger partial charge in [-0.2, -0.15) is 0 Å². The molecule has 0 bridgehead atoms. The van der Waals surface area contributed by atoms with Crippen LogP contribution in [0.3, 0.4) is 0 Å². The van der Waals surface area contributed by atoms with Crippen molar-refractivity contribution < 1.29 is 14.3 Å². The lowest BCUT2D eigenvalue weighted by Gasteiger charge is -2.19. The van der Waals surface area contributed by atoms with Crippen LogP contribution in [-0.2, 0) is 16.1 Å². The summed E-state index contributed by atoms with van der Waals surface area (Å²) in [6, 6.07) is 9.93. The molecule has 136 valence electrons. The number of rotatable bonds is 5. The largest absolute Gasteiger partial charge is 0.494 e. The van der Waals surface area contributed by atoms with E-state index in [0.717, 1.165) is 11.3 Å². The van der Waals surface area contributed by atoms with Crippen molar-refractivity contribution in [3.05, 3.63) is 57.6 Å². The zero-order valence-electron chi connectivity index (χ0n) is 14.4. The summed E-state index contributed by atoms with van der Waals surface area (Å²) in [6.07, 6.45) is 0. The second-order valence-electron chi connectivity index (χ2n) is 5.93. The Morgan fingerprint density at radius 3 is 2.42 bits per heavy atom. The number of nitrogens with one attached hydrogen (secondary N) is 1. The topological polar surface area (TPSA) is 58.6 Å². The van der Waals surface area contributed by atoms with Gasteiger partial charge >= 0.3 is 0 Å². The molecule has 2 aromatic rings. The number of hydrogen-bond acceptors (Lipinski definition) is 3. The van der Waals surface area contributed by atoms with Crippen LogP contribution in [0, 0.1) is 0 Å². The number of nitrogens with zero attached hydrogens (tertiary/aromatic N) is 1. The Bertz CT molecular complexity index is 853. The van der Waals surface area contributed by atoms with E-state index in [0.29, 0.717) is 34.4 Å². The monoisotopic (exact) mass is 392 g/mol. The summed E-state index contributed by atoms with van der Waals surface area (Å²) in [4.78, 5) is 26.0. The average Bonchev–Trinajstić information content (AvgIpc) is 2.87. The van der Waals surface area contributed by atoms with Crippen molar-refractivity contribution in [2.75, 3.05) is 11.5 Å². The second kappa shape index (κ2) is 7.56. The van der Waals surface area contributed by atoms with E-state index in [9.17, 15) is 9.59 Å². The van der Waals surface area contributed by atoms with E-state index >= 15 is 0 Å². The van der Waals surface area contributed by atoms with Gasteiger partial charge in [0.15, 0.2) is 0 Å². The molecular formula is C19H18Cl2N2O3. The van der Waals surface area contributed by atoms with E-state index < -0.39 is 6.04 Å². The van der Waals surface area contributed by atoms with Crippen LogP contribution in [0.4, 0.5) is 5.69 Å². The van der Waals surface area contributed by atoms with Crippen LogP contribution in [0.15, 0.2) is 36.4 Å². The van der Waals surface area contributed by atoms with Crippen LogP contribution in [0.25, 0.3) is 0 Å². The highest BCUT2D eigenvalue weighted by Crippen LogP contribution is 2.45. The molecule has 0 fully saturated rings. The molecule has 1 atom stereocenters. The van der Waals surface area contributed by atoms with Crippen molar-refractivity contribution >= 4 is 40.7 Å². The van der Waals surface area contributed by atoms with Gasteiger partial charge in [0.25, 0.3) is 5.91 Å². The Morgan fingerprint density at radius 1 is 1.15 bits per heavy atom. The summed E-state index contributed by atoms with van der Waals surface area (Å²) in [5.41, 5.74) is 1.98. The third-order valence-corrected chi connectivity index (χ3v) is 4.74. The lowest BCUT2D eigenvalue weighted by Crippen LogP contribution is -2.36. The smallest absolute Gasteiger partial charge is 0.254 e. The van der Waals surface area contributed by atoms with Crippen LogP contribution in [0.1, 0.15) is 31.0 Å². The predicted octanol–water partition coefficient (Wildman–Crippen LogP) is 4.12. The summed E-state index contributed by atoms with van der Waals surface area (Å²) in [6.45, 7) is 4.18. The molecule has 3 rings (SSSR count). The van der Waals surface area contributed by atoms with Crippen LogP contribution < -0.4 is 15.0 Å². The first-order chi connectivity index (χ1) is 12.4. The Balaban J connectivity index is 1.96. The number of ether oxygens (including phenoxy) is 1. The van der Waals surface area contributed by atoms with Crippen LogP contribution in [-0.4, -0.2) is 18.4 Å². The van der Waals surface area contributed by atoms with Gasteiger partial charge < -0.3 is 15.0 Å². The zero-order valence-corrected chi connectivity index (χ0v) is 15.9. The molecule has 0 unspecified atom stereocenters. The number of hydrogen-bond donors (Lipinski definition) is 1. The molecule has 1 aliphatic heterocycles. The van der Waals surface area contributed by atoms with Crippen molar-refractivity contribution in [2.24, 2.45) is 0 Å². The molecule has 1 N–H and O–H groups in total. The fraction of sp³-hybridized carbons (Fsp3) is 0.263. The van der Waals surface area contributed by atoms with Crippen molar-refractivity contribution in [1.29, 1.82) is 0 Å². The molecule has 0 radical (unpaired) electrons. The molecule has 2 amide bonds. The maximum absolute atomic E-state index is 12.9. The van der Waals surface area contributed by atoms with E-state index in [1.807, 2.05) is 31.2 Å². The molecule has 0 saturated carbocycles. The third kappa shape index (κ3) is 3.50. The minimum absolute atomic E-state index is 0.265. The lowest BCUT2D eigenvalue weighted by atomic mass is 10.1. The van der Waals surface area contributed by atoms with Crippen molar-refractivity contribution in [1.82, 2.24) is 5.32 Å². The Hall–Kier alpha value is -2.24. The number of carbonyl (C=O) groups excluding carboxylic acids is 2. The average molecular weight is 393 g/mol. The molecule has 26 heavy (non-hydrogen) atoms. The molecule has 5 nitrogen and oxygen atoms in total. The first kappa shape index (κ1) is 18.5. The maximum Gasteiger partial charge on any atom is 0.254 e. The minimum atomic E-state index is -0.837. The van der Waals surface area contributed by atoms with Gasteiger partial charge in [-0.1, -0.05) is 35.3 Å². The van der Waals surface area contributed by atoms with E-state index in [1.54, 1.807) is 17.0 Å². The molecule has 1 heterocycles.